The number of hydrogen-bond donors (Lipinski definition) is 1. The highest BCUT2D eigenvalue weighted by molar-refractivity contribution is 5.67. The summed E-state index contributed by atoms with van der Waals surface area (Å²) >= 11 is 0. The summed E-state index contributed by atoms with van der Waals surface area (Å²) in [6.45, 7) is 7.89. The van der Waals surface area contributed by atoms with Crippen LogP contribution in [-0.2, 0) is 0 Å². The summed E-state index contributed by atoms with van der Waals surface area (Å²) in [4.78, 5) is 7.00. The first-order chi connectivity index (χ1) is 11.2. The van der Waals surface area contributed by atoms with Gasteiger partial charge in [-0.2, -0.15) is 0 Å². The van der Waals surface area contributed by atoms with Crippen LogP contribution in [0.2, 0.25) is 0 Å². The van der Waals surface area contributed by atoms with Crippen LogP contribution in [0.5, 0.6) is 0 Å². The van der Waals surface area contributed by atoms with Crippen molar-refractivity contribution in [2.24, 2.45) is 5.92 Å². The summed E-state index contributed by atoms with van der Waals surface area (Å²) in [6, 6.07) is 11.9. The molecule has 2 aromatic rings. The molecule has 2 aliphatic rings. The van der Waals surface area contributed by atoms with E-state index in [9.17, 15) is 0 Å². The van der Waals surface area contributed by atoms with Crippen molar-refractivity contribution in [3.8, 4) is 11.1 Å². The average Bonchev–Trinajstić information content (AvgIpc) is 2.93. The number of fused-ring (bicyclic) bond motifs is 2. The van der Waals surface area contributed by atoms with Crippen LogP contribution in [0.3, 0.4) is 0 Å². The predicted octanol–water partition coefficient (Wildman–Crippen LogP) is 3.67. The van der Waals surface area contributed by atoms with Crippen molar-refractivity contribution in [2.75, 3.05) is 24.5 Å². The van der Waals surface area contributed by atoms with E-state index in [-0.39, 0.29) is 0 Å². The summed E-state index contributed by atoms with van der Waals surface area (Å²) in [5.74, 6) is 1.37. The highest BCUT2D eigenvalue weighted by Crippen LogP contribution is 2.29. The zero-order valence-corrected chi connectivity index (χ0v) is 14.0. The van der Waals surface area contributed by atoms with Gasteiger partial charge in [-0.15, -0.1) is 0 Å². The van der Waals surface area contributed by atoms with Crippen molar-refractivity contribution in [3.05, 3.63) is 48.3 Å². The highest BCUT2D eigenvalue weighted by Gasteiger charge is 2.32. The smallest absolute Gasteiger partial charge is 0.0559 e. The van der Waals surface area contributed by atoms with E-state index in [4.69, 9.17) is 0 Å². The molecule has 0 aliphatic carbocycles. The fraction of sp³-hybridized carbons (Fsp3) is 0.450. The third-order valence-corrected chi connectivity index (χ3v) is 5.23. The Kier molecular flexibility index (Phi) is 3.82. The van der Waals surface area contributed by atoms with E-state index in [1.165, 1.54) is 35.3 Å². The van der Waals surface area contributed by atoms with E-state index < -0.39 is 0 Å². The third-order valence-electron chi connectivity index (χ3n) is 5.23. The number of anilines is 1. The molecule has 3 nitrogen and oxygen atoms in total. The number of pyridine rings is 1. The van der Waals surface area contributed by atoms with E-state index >= 15 is 0 Å². The molecule has 1 N–H and O–H groups in total. The molecule has 3 heteroatoms. The minimum absolute atomic E-state index is 0.574. The Balaban J connectivity index is 1.58. The zero-order chi connectivity index (χ0) is 15.8. The molecule has 0 saturated carbocycles. The number of piperidine rings is 1. The van der Waals surface area contributed by atoms with Crippen LogP contribution in [0.25, 0.3) is 11.1 Å². The van der Waals surface area contributed by atoms with Crippen molar-refractivity contribution in [1.29, 1.82) is 0 Å². The van der Waals surface area contributed by atoms with Gasteiger partial charge in [0.15, 0.2) is 0 Å². The fourth-order valence-electron chi connectivity index (χ4n) is 3.86. The fourth-order valence-corrected chi connectivity index (χ4v) is 3.86. The second kappa shape index (κ2) is 5.97. The lowest BCUT2D eigenvalue weighted by atomic mass is 9.98. The molecule has 2 aliphatic heterocycles. The molecule has 1 aromatic heterocycles. The van der Waals surface area contributed by atoms with Gasteiger partial charge in [-0.1, -0.05) is 38.1 Å². The molecule has 4 rings (SSSR count). The SMILES string of the molecule is CC(C)c1ccc(-c2cncc(N3CC4CNC(C4)C3)c2)cc1. The number of aromatic nitrogens is 1. The Labute approximate surface area is 138 Å². The summed E-state index contributed by atoms with van der Waals surface area (Å²) in [6.07, 6.45) is 5.32. The minimum atomic E-state index is 0.574. The molecule has 2 atom stereocenters. The normalized spacial score (nSPS) is 23.5. The Hall–Kier alpha value is -1.87. The Bertz CT molecular complexity index is 666. The van der Waals surface area contributed by atoms with Crippen LogP contribution in [0.15, 0.2) is 42.7 Å². The molecule has 1 aromatic carbocycles. The van der Waals surface area contributed by atoms with Gasteiger partial charge < -0.3 is 10.2 Å². The highest BCUT2D eigenvalue weighted by atomic mass is 15.2. The first-order valence-corrected chi connectivity index (χ1v) is 8.73. The van der Waals surface area contributed by atoms with Gasteiger partial charge in [0.2, 0.25) is 0 Å². The van der Waals surface area contributed by atoms with Crippen LogP contribution < -0.4 is 10.2 Å². The maximum atomic E-state index is 4.50. The molecule has 120 valence electrons. The number of nitrogens with one attached hydrogen (secondary N) is 1. The van der Waals surface area contributed by atoms with Crippen molar-refractivity contribution < 1.29 is 0 Å². The zero-order valence-electron chi connectivity index (χ0n) is 14.0. The van der Waals surface area contributed by atoms with Gasteiger partial charge in [0.05, 0.1) is 11.9 Å². The molecular weight excluding hydrogens is 282 g/mol. The molecule has 0 spiro atoms. The quantitative estimate of drug-likeness (QED) is 0.938. The lowest BCUT2D eigenvalue weighted by Crippen LogP contribution is -2.41. The topological polar surface area (TPSA) is 28.2 Å². The van der Waals surface area contributed by atoms with Crippen LogP contribution in [0, 0.1) is 5.92 Å². The van der Waals surface area contributed by atoms with Crippen molar-refractivity contribution in [2.45, 2.75) is 32.2 Å². The summed E-state index contributed by atoms with van der Waals surface area (Å²) in [5, 5.41) is 3.62. The molecule has 2 saturated heterocycles. The van der Waals surface area contributed by atoms with Crippen molar-refractivity contribution in [3.63, 3.8) is 0 Å². The van der Waals surface area contributed by atoms with Gasteiger partial charge in [-0.3, -0.25) is 4.98 Å². The largest absolute Gasteiger partial charge is 0.368 e. The first-order valence-electron chi connectivity index (χ1n) is 8.73. The van der Waals surface area contributed by atoms with Crippen molar-refractivity contribution in [1.82, 2.24) is 10.3 Å². The Morgan fingerprint density at radius 1 is 1.09 bits per heavy atom. The number of hydrogen-bond acceptors (Lipinski definition) is 3. The predicted molar refractivity (Wildman–Crippen MR) is 95.9 cm³/mol. The number of rotatable bonds is 3. The molecule has 3 heterocycles. The van der Waals surface area contributed by atoms with E-state index in [0.717, 1.165) is 19.0 Å². The maximum absolute atomic E-state index is 4.50. The summed E-state index contributed by atoms with van der Waals surface area (Å²) < 4.78 is 0. The van der Waals surface area contributed by atoms with Crippen LogP contribution in [0.1, 0.15) is 31.7 Å². The first kappa shape index (κ1) is 14.7. The molecule has 2 fully saturated rings. The van der Waals surface area contributed by atoms with E-state index in [1.807, 2.05) is 12.4 Å². The second-order valence-corrected chi connectivity index (χ2v) is 7.32. The van der Waals surface area contributed by atoms with Gasteiger partial charge in [0.25, 0.3) is 0 Å². The van der Waals surface area contributed by atoms with E-state index in [2.05, 4.69) is 59.4 Å². The molecule has 2 bridgehead atoms. The lowest BCUT2D eigenvalue weighted by molar-refractivity contribution is 0.474. The molecule has 0 amide bonds. The van der Waals surface area contributed by atoms with Crippen LogP contribution >= 0.6 is 0 Å². The van der Waals surface area contributed by atoms with Gasteiger partial charge >= 0.3 is 0 Å². The number of nitrogens with zero attached hydrogens (tertiary/aromatic N) is 2. The maximum Gasteiger partial charge on any atom is 0.0559 e. The van der Waals surface area contributed by atoms with Crippen LogP contribution in [-0.4, -0.2) is 30.7 Å². The summed E-state index contributed by atoms with van der Waals surface area (Å²) in [5.41, 5.74) is 5.11. The summed E-state index contributed by atoms with van der Waals surface area (Å²) in [7, 11) is 0. The standard InChI is InChI=1S/C20H25N3/c1-14(2)16-3-5-17(6-4-16)18-8-20(11-21-10-18)23-12-15-7-19(13-23)22-9-15/h3-6,8,10-11,14-15,19,22H,7,9,12-13H2,1-2H3. The van der Waals surface area contributed by atoms with Crippen molar-refractivity contribution >= 4 is 5.69 Å². The second-order valence-electron chi connectivity index (χ2n) is 7.32. The minimum Gasteiger partial charge on any atom is -0.368 e. The Morgan fingerprint density at radius 2 is 1.91 bits per heavy atom. The molecular formula is C20H25N3. The molecule has 23 heavy (non-hydrogen) atoms. The Morgan fingerprint density at radius 3 is 2.65 bits per heavy atom. The molecule has 0 radical (unpaired) electrons. The van der Waals surface area contributed by atoms with Gasteiger partial charge in [0.1, 0.15) is 0 Å². The van der Waals surface area contributed by atoms with Gasteiger partial charge in [-0.05, 0) is 35.4 Å². The van der Waals surface area contributed by atoms with Gasteiger partial charge in [-0.25, -0.2) is 0 Å². The van der Waals surface area contributed by atoms with Crippen LogP contribution in [0.4, 0.5) is 5.69 Å². The average molecular weight is 307 g/mol. The monoisotopic (exact) mass is 307 g/mol. The molecule has 2 unspecified atom stereocenters. The van der Waals surface area contributed by atoms with E-state index in [0.29, 0.717) is 12.0 Å². The number of benzene rings is 1. The van der Waals surface area contributed by atoms with Gasteiger partial charge in [0, 0.05) is 37.4 Å². The lowest BCUT2D eigenvalue weighted by Gasteiger charge is -2.32. The van der Waals surface area contributed by atoms with E-state index in [1.54, 1.807) is 0 Å². The third kappa shape index (κ3) is 2.98.